The number of rotatable bonds is 8. The molecule has 0 aromatic heterocycles. The van der Waals surface area contributed by atoms with E-state index in [1.54, 1.807) is 57.0 Å². The number of nitrogens with one attached hydrogen (secondary N) is 2. The molecule has 3 atom stereocenters. The summed E-state index contributed by atoms with van der Waals surface area (Å²) in [5.41, 5.74) is 1.60. The highest BCUT2D eigenvalue weighted by atomic mass is 16.6. The molecule has 3 unspecified atom stereocenters. The van der Waals surface area contributed by atoms with Gasteiger partial charge in [0, 0.05) is 11.7 Å². The predicted octanol–water partition coefficient (Wildman–Crippen LogP) is 4.45. The number of benzene rings is 2. The van der Waals surface area contributed by atoms with Crippen molar-refractivity contribution in [3.8, 4) is 5.75 Å². The second-order valence-electron chi connectivity index (χ2n) is 9.97. The lowest BCUT2D eigenvalue weighted by molar-refractivity contribution is -0.139. The summed E-state index contributed by atoms with van der Waals surface area (Å²) in [5.74, 6) is 0.253. The molecule has 188 valence electrons. The number of nitrogens with zero attached hydrogens (tertiary/aromatic N) is 1. The Hall–Kier alpha value is -3.55. The number of alkyl carbamates (subject to hydrolysis) is 1. The maximum absolute atomic E-state index is 13.6. The zero-order valence-corrected chi connectivity index (χ0v) is 21.3. The van der Waals surface area contributed by atoms with Crippen LogP contribution in [0.15, 0.2) is 48.5 Å². The molecule has 0 aliphatic heterocycles. The van der Waals surface area contributed by atoms with E-state index in [1.165, 1.54) is 0 Å². The summed E-state index contributed by atoms with van der Waals surface area (Å²) in [6.45, 7) is 8.98. The van der Waals surface area contributed by atoms with E-state index in [4.69, 9.17) is 9.47 Å². The smallest absolute Gasteiger partial charge is 0.408 e. The molecule has 1 aliphatic carbocycles. The van der Waals surface area contributed by atoms with Crippen molar-refractivity contribution in [2.24, 2.45) is 5.92 Å². The molecule has 2 aromatic carbocycles. The van der Waals surface area contributed by atoms with Crippen molar-refractivity contribution >= 4 is 23.6 Å². The third kappa shape index (κ3) is 7.21. The number of hydrogen-bond donors (Lipinski definition) is 2. The van der Waals surface area contributed by atoms with E-state index >= 15 is 0 Å². The summed E-state index contributed by atoms with van der Waals surface area (Å²) in [6, 6.07) is 13.6. The number of hydrogen-bond acceptors (Lipinski definition) is 5. The Bertz CT molecular complexity index is 1060. The van der Waals surface area contributed by atoms with E-state index < -0.39 is 17.7 Å². The highest BCUT2D eigenvalue weighted by Crippen LogP contribution is 2.40. The van der Waals surface area contributed by atoms with E-state index in [-0.39, 0.29) is 30.3 Å². The topological polar surface area (TPSA) is 97.0 Å². The van der Waals surface area contributed by atoms with E-state index in [9.17, 15) is 14.4 Å². The molecule has 0 saturated heterocycles. The van der Waals surface area contributed by atoms with Crippen molar-refractivity contribution in [3.63, 3.8) is 0 Å². The van der Waals surface area contributed by atoms with Gasteiger partial charge in [0.1, 0.15) is 23.9 Å². The number of ether oxygens (including phenoxy) is 2. The van der Waals surface area contributed by atoms with Gasteiger partial charge in [-0.25, -0.2) is 4.79 Å². The minimum Gasteiger partial charge on any atom is -0.497 e. The zero-order chi connectivity index (χ0) is 25.8. The molecule has 35 heavy (non-hydrogen) atoms. The fourth-order valence-corrected chi connectivity index (χ4v) is 3.93. The van der Waals surface area contributed by atoms with Crippen LogP contribution in [-0.4, -0.2) is 48.1 Å². The van der Waals surface area contributed by atoms with Gasteiger partial charge in [0.05, 0.1) is 7.11 Å². The van der Waals surface area contributed by atoms with E-state index in [0.29, 0.717) is 17.0 Å². The first-order valence-electron chi connectivity index (χ1n) is 11.8. The number of carbonyl (C=O) groups excluding carboxylic acids is 3. The van der Waals surface area contributed by atoms with Crippen molar-refractivity contribution in [1.29, 1.82) is 0 Å². The van der Waals surface area contributed by atoms with Gasteiger partial charge in [0.2, 0.25) is 5.91 Å². The third-order valence-electron chi connectivity index (χ3n) is 5.74. The Kier molecular flexibility index (Phi) is 8.04. The van der Waals surface area contributed by atoms with Crippen LogP contribution >= 0.6 is 0 Å². The Balaban J connectivity index is 1.88. The quantitative estimate of drug-likeness (QED) is 0.581. The maximum atomic E-state index is 13.6. The summed E-state index contributed by atoms with van der Waals surface area (Å²) in [7, 11) is 1.58. The molecule has 3 rings (SSSR count). The fraction of sp³-hybridized carbons (Fsp3) is 0.444. The van der Waals surface area contributed by atoms with Crippen LogP contribution in [0.3, 0.4) is 0 Å². The molecule has 0 radical (unpaired) electrons. The SMILES string of the molecule is COc1ccc(NC(=O)C(c2cccc(C)c2)N(C(=O)CNC(=O)OC(C)(C)C)C2CC2C)cc1. The largest absolute Gasteiger partial charge is 0.497 e. The summed E-state index contributed by atoms with van der Waals surface area (Å²) >= 11 is 0. The second kappa shape index (κ2) is 10.8. The second-order valence-corrected chi connectivity index (χ2v) is 9.97. The standard InChI is InChI=1S/C27H35N3O5/c1-17-8-7-9-19(14-17)24(25(32)29-20-10-12-21(34-6)13-11-20)30(22-15-18(22)2)23(31)16-28-26(33)35-27(3,4)5/h7-14,18,22,24H,15-16H2,1-6H3,(H,28,33)(H,29,32). The average Bonchev–Trinajstić information content (AvgIpc) is 3.50. The molecule has 1 saturated carbocycles. The van der Waals surface area contributed by atoms with Gasteiger partial charge in [-0.05, 0) is 69.9 Å². The monoisotopic (exact) mass is 481 g/mol. The summed E-state index contributed by atoms with van der Waals surface area (Å²) < 4.78 is 10.5. The average molecular weight is 482 g/mol. The highest BCUT2D eigenvalue weighted by molar-refractivity contribution is 5.98. The predicted molar refractivity (Wildman–Crippen MR) is 134 cm³/mol. The molecule has 0 spiro atoms. The minimum atomic E-state index is -0.861. The fourth-order valence-electron chi connectivity index (χ4n) is 3.93. The lowest BCUT2D eigenvalue weighted by Gasteiger charge is -2.32. The lowest BCUT2D eigenvalue weighted by Crippen LogP contribution is -2.48. The van der Waals surface area contributed by atoms with Gasteiger partial charge in [0.15, 0.2) is 0 Å². The first-order chi connectivity index (χ1) is 16.5. The number of anilines is 1. The third-order valence-corrected chi connectivity index (χ3v) is 5.74. The van der Waals surface area contributed by atoms with E-state index in [0.717, 1.165) is 12.0 Å². The first-order valence-corrected chi connectivity index (χ1v) is 11.8. The van der Waals surface area contributed by atoms with Crippen molar-refractivity contribution < 1.29 is 23.9 Å². The van der Waals surface area contributed by atoms with Gasteiger partial charge in [-0.2, -0.15) is 0 Å². The van der Waals surface area contributed by atoms with E-state index in [2.05, 4.69) is 10.6 Å². The van der Waals surface area contributed by atoms with Crippen LogP contribution in [0, 0.1) is 12.8 Å². The molecule has 2 aromatic rings. The summed E-state index contributed by atoms with van der Waals surface area (Å²) in [4.78, 5) is 40.8. The van der Waals surface area contributed by atoms with Crippen LogP contribution in [0.1, 0.15) is 51.3 Å². The summed E-state index contributed by atoms with van der Waals surface area (Å²) in [6.07, 6.45) is 0.112. The van der Waals surface area contributed by atoms with Crippen molar-refractivity contribution in [2.75, 3.05) is 19.0 Å². The Morgan fingerprint density at radius 1 is 1.11 bits per heavy atom. The molecular weight excluding hydrogens is 446 g/mol. The molecular formula is C27H35N3O5. The van der Waals surface area contributed by atoms with Gasteiger partial charge < -0.3 is 25.0 Å². The molecule has 0 heterocycles. The molecule has 2 N–H and O–H groups in total. The molecule has 3 amide bonds. The van der Waals surface area contributed by atoms with Gasteiger partial charge in [-0.15, -0.1) is 0 Å². The van der Waals surface area contributed by atoms with Crippen LogP contribution in [0.5, 0.6) is 5.75 Å². The maximum Gasteiger partial charge on any atom is 0.408 e. The molecule has 0 bridgehead atoms. The van der Waals surface area contributed by atoms with Crippen LogP contribution in [-0.2, 0) is 14.3 Å². The summed E-state index contributed by atoms with van der Waals surface area (Å²) in [5, 5.41) is 5.48. The first kappa shape index (κ1) is 26.1. The van der Waals surface area contributed by atoms with Gasteiger partial charge in [-0.1, -0.05) is 36.8 Å². The Morgan fingerprint density at radius 3 is 2.31 bits per heavy atom. The molecule has 8 nitrogen and oxygen atoms in total. The van der Waals surface area contributed by atoms with Crippen LogP contribution in [0.4, 0.5) is 10.5 Å². The highest BCUT2D eigenvalue weighted by Gasteiger charge is 2.46. The van der Waals surface area contributed by atoms with Crippen LogP contribution in [0.2, 0.25) is 0 Å². The lowest BCUT2D eigenvalue weighted by atomic mass is 10.0. The molecule has 1 fully saturated rings. The van der Waals surface area contributed by atoms with Gasteiger partial charge in [-0.3, -0.25) is 9.59 Å². The van der Waals surface area contributed by atoms with E-state index in [1.807, 2.05) is 38.1 Å². The zero-order valence-electron chi connectivity index (χ0n) is 21.3. The van der Waals surface area contributed by atoms with Crippen molar-refractivity contribution in [1.82, 2.24) is 10.2 Å². The van der Waals surface area contributed by atoms with Gasteiger partial charge in [0.25, 0.3) is 5.91 Å². The number of methoxy groups -OCH3 is 1. The molecule has 8 heteroatoms. The Labute approximate surface area is 207 Å². The molecule has 1 aliphatic rings. The van der Waals surface area contributed by atoms with Crippen LogP contribution < -0.4 is 15.4 Å². The Morgan fingerprint density at radius 2 is 1.77 bits per heavy atom. The number of aryl methyl sites for hydroxylation is 1. The van der Waals surface area contributed by atoms with Crippen molar-refractivity contribution in [3.05, 3.63) is 59.7 Å². The van der Waals surface area contributed by atoms with Crippen molar-refractivity contribution in [2.45, 2.75) is 58.7 Å². The van der Waals surface area contributed by atoms with Gasteiger partial charge >= 0.3 is 6.09 Å². The normalized spacial score (nSPS) is 17.7. The van der Waals surface area contributed by atoms with Crippen LogP contribution in [0.25, 0.3) is 0 Å². The number of carbonyl (C=O) groups is 3. The minimum absolute atomic E-state index is 0.102. The number of amides is 3.